The lowest BCUT2D eigenvalue weighted by Crippen LogP contribution is -2.41. The predicted molar refractivity (Wildman–Crippen MR) is 125 cm³/mol. The van der Waals surface area contributed by atoms with Crippen molar-refractivity contribution < 1.29 is 13.9 Å². The van der Waals surface area contributed by atoms with Gasteiger partial charge < -0.3 is 14.1 Å². The van der Waals surface area contributed by atoms with Crippen molar-refractivity contribution >= 4 is 33.5 Å². The largest absolute Gasteiger partial charge is 0.444 e. The third kappa shape index (κ3) is 4.18. The van der Waals surface area contributed by atoms with E-state index in [0.29, 0.717) is 41.6 Å². The Morgan fingerprint density at radius 1 is 1.24 bits per heavy atom. The lowest BCUT2D eigenvalue weighted by molar-refractivity contribution is 0.0204. The highest BCUT2D eigenvalue weighted by atomic mass is 32.1. The van der Waals surface area contributed by atoms with Crippen LogP contribution in [0.2, 0.25) is 0 Å². The Balaban J connectivity index is 1.33. The molecule has 0 radical (unpaired) electrons. The second-order valence-corrected chi connectivity index (χ2v) is 10.4. The molecular formula is C24H25N5O3S. The number of benzene rings is 1. The molecule has 1 aliphatic rings. The molecule has 0 unspecified atom stereocenters. The van der Waals surface area contributed by atoms with Gasteiger partial charge in [-0.15, -0.1) is 0 Å². The van der Waals surface area contributed by atoms with Crippen molar-refractivity contribution in [3.63, 3.8) is 0 Å². The van der Waals surface area contributed by atoms with Crippen molar-refractivity contribution in [3.8, 4) is 16.5 Å². The molecule has 0 atom stereocenters. The van der Waals surface area contributed by atoms with E-state index in [0.717, 1.165) is 33.9 Å². The molecule has 0 N–H and O–H groups in total. The molecule has 0 spiro atoms. The molecule has 9 heteroatoms. The molecular weight excluding hydrogens is 438 g/mol. The topological polar surface area (TPSA) is 96.7 Å². The van der Waals surface area contributed by atoms with Gasteiger partial charge in [-0.1, -0.05) is 11.3 Å². The number of hydrogen-bond donors (Lipinski definition) is 0. The number of amides is 1. The zero-order chi connectivity index (χ0) is 23.3. The van der Waals surface area contributed by atoms with E-state index in [9.17, 15) is 10.1 Å². The fourth-order valence-electron chi connectivity index (χ4n) is 4.20. The van der Waals surface area contributed by atoms with Gasteiger partial charge in [0.15, 0.2) is 16.4 Å². The Bertz CT molecular complexity index is 1360. The van der Waals surface area contributed by atoms with Crippen LogP contribution in [0, 0.1) is 18.3 Å². The number of nitriles is 1. The maximum atomic E-state index is 12.3. The van der Waals surface area contributed by atoms with Gasteiger partial charge >= 0.3 is 6.09 Å². The Labute approximate surface area is 195 Å². The normalized spacial score (nSPS) is 15.3. The summed E-state index contributed by atoms with van der Waals surface area (Å²) < 4.78 is 13.2. The van der Waals surface area contributed by atoms with E-state index in [4.69, 9.17) is 14.1 Å². The molecule has 4 heterocycles. The summed E-state index contributed by atoms with van der Waals surface area (Å²) in [6.07, 6.45) is 5.60. The smallest absolute Gasteiger partial charge is 0.410 e. The first-order valence-electron chi connectivity index (χ1n) is 11.0. The minimum absolute atomic E-state index is 0.243. The van der Waals surface area contributed by atoms with Crippen molar-refractivity contribution in [1.82, 2.24) is 19.3 Å². The number of piperidine rings is 1. The molecule has 33 heavy (non-hydrogen) atoms. The molecule has 4 aromatic rings. The number of nitrogens with zero attached hydrogens (tertiary/aromatic N) is 5. The Kier molecular flexibility index (Phi) is 5.13. The van der Waals surface area contributed by atoms with Gasteiger partial charge in [-0.05, 0) is 51.3 Å². The number of carbonyl (C=O) groups excluding carboxylic acids is 1. The zero-order valence-electron chi connectivity index (χ0n) is 19.1. The zero-order valence-corrected chi connectivity index (χ0v) is 19.9. The van der Waals surface area contributed by atoms with E-state index >= 15 is 0 Å². The summed E-state index contributed by atoms with van der Waals surface area (Å²) in [6, 6.07) is 6.00. The minimum Gasteiger partial charge on any atom is -0.444 e. The number of carbonyl (C=O) groups is 1. The number of imidazole rings is 1. The highest BCUT2D eigenvalue weighted by Crippen LogP contribution is 2.35. The first kappa shape index (κ1) is 21.5. The van der Waals surface area contributed by atoms with E-state index in [1.807, 2.05) is 43.5 Å². The summed E-state index contributed by atoms with van der Waals surface area (Å²) in [4.78, 5) is 25.2. The fraction of sp³-hybridized carbons (Fsp3) is 0.417. The van der Waals surface area contributed by atoms with Gasteiger partial charge in [-0.2, -0.15) is 5.26 Å². The van der Waals surface area contributed by atoms with Crippen LogP contribution in [0.4, 0.5) is 4.79 Å². The lowest BCUT2D eigenvalue weighted by Gasteiger charge is -2.32. The summed E-state index contributed by atoms with van der Waals surface area (Å²) in [5, 5.41) is 9.53. The van der Waals surface area contributed by atoms with Gasteiger partial charge in [0.2, 0.25) is 0 Å². The van der Waals surface area contributed by atoms with E-state index in [-0.39, 0.29) is 6.09 Å². The van der Waals surface area contributed by atoms with Crippen LogP contribution in [0.3, 0.4) is 0 Å². The van der Waals surface area contributed by atoms with Crippen molar-refractivity contribution in [1.29, 1.82) is 5.26 Å². The first-order valence-corrected chi connectivity index (χ1v) is 11.8. The molecule has 5 rings (SSSR count). The molecule has 0 aliphatic carbocycles. The molecule has 8 nitrogen and oxygen atoms in total. The number of aromatic nitrogens is 3. The summed E-state index contributed by atoms with van der Waals surface area (Å²) in [5.41, 5.74) is 3.20. The maximum absolute atomic E-state index is 12.3. The lowest BCUT2D eigenvalue weighted by atomic mass is 9.94. The van der Waals surface area contributed by atoms with Crippen LogP contribution in [-0.4, -0.2) is 44.1 Å². The van der Waals surface area contributed by atoms with Gasteiger partial charge in [0, 0.05) is 38.3 Å². The predicted octanol–water partition coefficient (Wildman–Crippen LogP) is 5.50. The van der Waals surface area contributed by atoms with E-state index in [2.05, 4.69) is 17.3 Å². The van der Waals surface area contributed by atoms with Crippen LogP contribution in [0.25, 0.3) is 26.5 Å². The quantitative estimate of drug-likeness (QED) is 0.389. The van der Waals surface area contributed by atoms with E-state index < -0.39 is 5.60 Å². The summed E-state index contributed by atoms with van der Waals surface area (Å²) in [7, 11) is 0. The van der Waals surface area contributed by atoms with Crippen molar-refractivity contribution in [3.05, 3.63) is 41.7 Å². The Hall–Kier alpha value is -3.38. The number of aryl methyl sites for hydroxylation is 1. The summed E-state index contributed by atoms with van der Waals surface area (Å²) in [5.74, 6) is 0.861. The molecule has 1 fully saturated rings. The molecule has 1 aromatic carbocycles. The number of hydrogen-bond acceptors (Lipinski definition) is 7. The third-order valence-corrected chi connectivity index (χ3v) is 6.79. The molecule has 1 saturated heterocycles. The highest BCUT2D eigenvalue weighted by Gasteiger charge is 2.28. The van der Waals surface area contributed by atoms with E-state index in [1.54, 1.807) is 23.2 Å². The van der Waals surface area contributed by atoms with E-state index in [1.165, 1.54) is 0 Å². The van der Waals surface area contributed by atoms with Crippen LogP contribution in [0.5, 0.6) is 0 Å². The second kappa shape index (κ2) is 7.89. The van der Waals surface area contributed by atoms with Gasteiger partial charge in [-0.3, -0.25) is 4.40 Å². The molecule has 0 bridgehead atoms. The van der Waals surface area contributed by atoms with Crippen LogP contribution in [0.15, 0.2) is 28.9 Å². The molecule has 3 aromatic heterocycles. The molecule has 0 saturated carbocycles. The van der Waals surface area contributed by atoms with Crippen LogP contribution >= 0.6 is 11.3 Å². The standard InChI is InChI=1S/C24H25N5O3S/c1-14-26-21-17(11-25)9-16(10-19(21)31-14)20-13-29-12-18(27-22(29)33-20)15-5-7-28(8-6-15)23(30)32-24(2,3)4/h9-10,12-13,15H,5-8H2,1-4H3. The van der Waals surface area contributed by atoms with Crippen molar-refractivity contribution in [2.45, 2.75) is 52.1 Å². The number of fused-ring (bicyclic) bond motifs is 2. The minimum atomic E-state index is -0.481. The Morgan fingerprint density at radius 3 is 2.67 bits per heavy atom. The molecule has 1 amide bonds. The van der Waals surface area contributed by atoms with Crippen molar-refractivity contribution in [2.24, 2.45) is 0 Å². The van der Waals surface area contributed by atoms with Crippen LogP contribution in [0.1, 0.15) is 56.7 Å². The molecule has 1 aliphatic heterocycles. The van der Waals surface area contributed by atoms with Gasteiger partial charge in [0.05, 0.1) is 16.1 Å². The SMILES string of the molecule is Cc1nc2c(C#N)cc(-c3cn4cc(C5CCN(C(=O)OC(C)(C)C)CC5)nc4s3)cc2o1. The van der Waals surface area contributed by atoms with Gasteiger partial charge in [0.1, 0.15) is 17.2 Å². The maximum Gasteiger partial charge on any atom is 0.410 e. The van der Waals surface area contributed by atoms with Crippen LogP contribution in [-0.2, 0) is 4.74 Å². The third-order valence-electron chi connectivity index (χ3n) is 5.75. The van der Waals surface area contributed by atoms with Crippen LogP contribution < -0.4 is 0 Å². The number of oxazole rings is 1. The number of rotatable bonds is 2. The average molecular weight is 464 g/mol. The Morgan fingerprint density at radius 2 is 2.00 bits per heavy atom. The number of ether oxygens (including phenoxy) is 1. The van der Waals surface area contributed by atoms with Gasteiger partial charge in [0.25, 0.3) is 0 Å². The average Bonchev–Trinajstić information content (AvgIpc) is 3.43. The fourth-order valence-corrected chi connectivity index (χ4v) is 5.16. The monoisotopic (exact) mass is 463 g/mol. The first-order chi connectivity index (χ1) is 15.7. The molecule has 170 valence electrons. The second-order valence-electron chi connectivity index (χ2n) is 9.41. The van der Waals surface area contributed by atoms with Gasteiger partial charge in [-0.25, -0.2) is 14.8 Å². The number of likely N-dealkylation sites (tertiary alicyclic amines) is 1. The number of thiazole rings is 1. The highest BCUT2D eigenvalue weighted by molar-refractivity contribution is 7.20. The summed E-state index contributed by atoms with van der Waals surface area (Å²) in [6.45, 7) is 8.77. The summed E-state index contributed by atoms with van der Waals surface area (Å²) >= 11 is 1.58. The van der Waals surface area contributed by atoms with Crippen molar-refractivity contribution in [2.75, 3.05) is 13.1 Å².